The Hall–Kier alpha value is -1.90. The van der Waals surface area contributed by atoms with Crippen LogP contribution in [0.25, 0.3) is 0 Å². The summed E-state index contributed by atoms with van der Waals surface area (Å²) in [5, 5.41) is 13.9. The zero-order valence-electron chi connectivity index (χ0n) is 16.1. The van der Waals surface area contributed by atoms with Crippen LogP contribution in [0.15, 0.2) is 42.5 Å². The lowest BCUT2D eigenvalue weighted by atomic mass is 9.98. The van der Waals surface area contributed by atoms with Crippen LogP contribution < -0.4 is 11.1 Å². The second-order valence-electron chi connectivity index (χ2n) is 7.95. The Morgan fingerprint density at radius 3 is 2.59 bits per heavy atom. The van der Waals surface area contributed by atoms with Gasteiger partial charge in [-0.3, -0.25) is 0 Å². The zero-order valence-corrected chi connectivity index (χ0v) is 16.1. The van der Waals surface area contributed by atoms with Crippen molar-refractivity contribution in [2.75, 3.05) is 19.9 Å². The van der Waals surface area contributed by atoms with Crippen LogP contribution in [0.4, 0.5) is 8.78 Å². The summed E-state index contributed by atoms with van der Waals surface area (Å²) in [6, 6.07) is 10.9. The van der Waals surface area contributed by atoms with E-state index in [1.54, 1.807) is 0 Å². The van der Waals surface area contributed by atoms with Crippen molar-refractivity contribution in [3.63, 3.8) is 0 Å². The van der Waals surface area contributed by atoms with Gasteiger partial charge in [-0.25, -0.2) is 8.78 Å². The lowest BCUT2D eigenvalue weighted by molar-refractivity contribution is 0.0465. The first-order valence-electron chi connectivity index (χ1n) is 9.89. The molecule has 5 nitrogen and oxygen atoms in total. The van der Waals surface area contributed by atoms with Crippen LogP contribution >= 0.6 is 0 Å². The first-order valence-corrected chi connectivity index (χ1v) is 9.89. The Balaban J connectivity index is 1.36. The van der Waals surface area contributed by atoms with Gasteiger partial charge in [-0.2, -0.15) is 0 Å². The lowest BCUT2D eigenvalue weighted by Crippen LogP contribution is -2.45. The van der Waals surface area contributed by atoms with Crippen molar-refractivity contribution in [1.29, 1.82) is 0 Å². The largest absolute Gasteiger partial charge is 0.390 e. The molecule has 1 heterocycles. The van der Waals surface area contributed by atoms with E-state index in [-0.39, 0.29) is 18.1 Å². The summed E-state index contributed by atoms with van der Waals surface area (Å²) in [4.78, 5) is 0. The molecule has 3 atom stereocenters. The van der Waals surface area contributed by atoms with Gasteiger partial charge in [0.1, 0.15) is 24.5 Å². The van der Waals surface area contributed by atoms with E-state index in [1.165, 1.54) is 12.1 Å². The number of nitrogens with two attached hydrogens (primary N) is 1. The number of hydrogen-bond donors (Lipinski definition) is 3. The average molecular weight is 404 g/mol. The number of nitrogens with one attached hydrogen (secondary N) is 1. The molecule has 0 amide bonds. The molecule has 2 aliphatic rings. The van der Waals surface area contributed by atoms with Crippen molar-refractivity contribution in [3.05, 3.63) is 70.8 Å². The van der Waals surface area contributed by atoms with Crippen molar-refractivity contribution in [1.82, 2.24) is 5.32 Å². The van der Waals surface area contributed by atoms with Crippen molar-refractivity contribution in [2.24, 2.45) is 5.73 Å². The van der Waals surface area contributed by atoms with Gasteiger partial charge in [-0.1, -0.05) is 24.3 Å². The SMILES string of the molecule is NC(Cc1cc(F)cc(F)c1)C(O)CNC1(c2cccc(C3COCO3)c2)CC1. The lowest BCUT2D eigenvalue weighted by Gasteiger charge is -2.24. The highest BCUT2D eigenvalue weighted by Crippen LogP contribution is 2.46. The molecule has 1 aliphatic heterocycles. The minimum absolute atomic E-state index is 0.0450. The number of aliphatic hydroxyl groups is 1. The molecule has 1 saturated carbocycles. The number of benzene rings is 2. The Labute approximate surface area is 168 Å². The predicted molar refractivity (Wildman–Crippen MR) is 104 cm³/mol. The van der Waals surface area contributed by atoms with Gasteiger partial charge >= 0.3 is 0 Å². The molecule has 1 aliphatic carbocycles. The van der Waals surface area contributed by atoms with E-state index in [1.807, 2.05) is 12.1 Å². The van der Waals surface area contributed by atoms with Crippen molar-refractivity contribution in [3.8, 4) is 0 Å². The van der Waals surface area contributed by atoms with Crippen molar-refractivity contribution >= 4 is 0 Å². The molecule has 4 rings (SSSR count). The minimum atomic E-state index is -0.839. The fourth-order valence-corrected chi connectivity index (χ4v) is 3.84. The summed E-state index contributed by atoms with van der Waals surface area (Å²) in [7, 11) is 0. The first-order chi connectivity index (χ1) is 13.9. The highest BCUT2D eigenvalue weighted by molar-refractivity contribution is 5.35. The molecule has 3 unspecified atom stereocenters. The molecule has 1 saturated heterocycles. The fourth-order valence-electron chi connectivity index (χ4n) is 3.84. The van der Waals surface area contributed by atoms with E-state index < -0.39 is 23.8 Å². The van der Waals surface area contributed by atoms with E-state index >= 15 is 0 Å². The summed E-state index contributed by atoms with van der Waals surface area (Å²) >= 11 is 0. The maximum Gasteiger partial charge on any atom is 0.147 e. The molecule has 7 heteroatoms. The third-order valence-electron chi connectivity index (χ3n) is 5.72. The summed E-state index contributed by atoms with van der Waals surface area (Å²) < 4.78 is 37.6. The van der Waals surface area contributed by atoms with Crippen LogP contribution in [-0.2, 0) is 21.4 Å². The van der Waals surface area contributed by atoms with Gasteiger partial charge in [-0.05, 0) is 48.1 Å². The molecule has 0 spiro atoms. The fraction of sp³-hybridized carbons (Fsp3) is 0.455. The third-order valence-corrected chi connectivity index (χ3v) is 5.72. The van der Waals surface area contributed by atoms with Crippen LogP contribution in [0.5, 0.6) is 0 Å². The van der Waals surface area contributed by atoms with Gasteiger partial charge in [0, 0.05) is 24.2 Å². The van der Waals surface area contributed by atoms with Crippen molar-refractivity contribution in [2.45, 2.75) is 43.1 Å². The predicted octanol–water partition coefficient (Wildman–Crippen LogP) is 2.52. The average Bonchev–Trinajstić information content (AvgIpc) is 3.28. The summed E-state index contributed by atoms with van der Waals surface area (Å²) in [6.07, 6.45) is 1.24. The number of halogens is 2. The Bertz CT molecular complexity index is 833. The highest BCUT2D eigenvalue weighted by Gasteiger charge is 2.44. The highest BCUT2D eigenvalue weighted by atomic mass is 19.1. The quantitative estimate of drug-likeness (QED) is 0.630. The molecule has 2 aromatic carbocycles. The molecule has 2 aromatic rings. The normalized spacial score (nSPS) is 22.4. The third kappa shape index (κ3) is 4.82. The van der Waals surface area contributed by atoms with Gasteiger partial charge in [-0.15, -0.1) is 0 Å². The minimum Gasteiger partial charge on any atom is -0.390 e. The Morgan fingerprint density at radius 2 is 1.93 bits per heavy atom. The molecule has 29 heavy (non-hydrogen) atoms. The number of ether oxygens (including phenoxy) is 2. The van der Waals surface area contributed by atoms with Crippen LogP contribution in [-0.4, -0.2) is 37.2 Å². The van der Waals surface area contributed by atoms with E-state index in [0.717, 1.165) is 30.0 Å². The van der Waals surface area contributed by atoms with Gasteiger partial charge in [0.2, 0.25) is 0 Å². The molecule has 156 valence electrons. The topological polar surface area (TPSA) is 76.7 Å². The molecular formula is C22H26F2N2O3. The Morgan fingerprint density at radius 1 is 1.17 bits per heavy atom. The zero-order chi connectivity index (χ0) is 20.4. The molecule has 2 fully saturated rings. The van der Waals surface area contributed by atoms with Crippen LogP contribution in [0.1, 0.15) is 35.6 Å². The summed E-state index contributed by atoms with van der Waals surface area (Å²) in [5.74, 6) is -1.29. The number of rotatable bonds is 8. The maximum absolute atomic E-state index is 13.4. The summed E-state index contributed by atoms with van der Waals surface area (Å²) in [6.45, 7) is 1.17. The van der Waals surface area contributed by atoms with Crippen LogP contribution in [0.2, 0.25) is 0 Å². The smallest absolute Gasteiger partial charge is 0.147 e. The maximum atomic E-state index is 13.4. The molecule has 4 N–H and O–H groups in total. The van der Waals surface area contributed by atoms with E-state index in [4.69, 9.17) is 15.2 Å². The number of hydrogen-bond acceptors (Lipinski definition) is 5. The van der Waals surface area contributed by atoms with E-state index in [9.17, 15) is 13.9 Å². The first kappa shape index (κ1) is 20.4. The van der Waals surface area contributed by atoms with Crippen LogP contribution in [0.3, 0.4) is 0 Å². The van der Waals surface area contributed by atoms with Gasteiger partial charge in [0.05, 0.1) is 12.7 Å². The summed E-state index contributed by atoms with van der Waals surface area (Å²) in [5.41, 5.74) is 8.57. The Kier molecular flexibility index (Phi) is 5.94. The van der Waals surface area contributed by atoms with Gasteiger partial charge in [0.15, 0.2) is 0 Å². The standard InChI is InChI=1S/C22H26F2N2O3/c23-17-6-14(7-18(24)10-17)8-19(25)20(27)11-26-22(4-5-22)16-3-1-2-15(9-16)21-12-28-13-29-21/h1-3,6-7,9-10,19-21,26-27H,4-5,8,11-13,25H2. The van der Waals surface area contributed by atoms with Gasteiger partial charge < -0.3 is 25.6 Å². The molecule has 0 aromatic heterocycles. The second kappa shape index (κ2) is 8.45. The second-order valence-corrected chi connectivity index (χ2v) is 7.95. The van der Waals surface area contributed by atoms with Crippen LogP contribution in [0, 0.1) is 11.6 Å². The van der Waals surface area contributed by atoms with Crippen molar-refractivity contribution < 1.29 is 23.4 Å². The molecular weight excluding hydrogens is 378 g/mol. The van der Waals surface area contributed by atoms with E-state index in [2.05, 4.69) is 17.4 Å². The molecule has 0 bridgehead atoms. The van der Waals surface area contributed by atoms with Gasteiger partial charge in [0.25, 0.3) is 0 Å². The number of aliphatic hydroxyl groups excluding tert-OH is 1. The molecule has 0 radical (unpaired) electrons. The van der Waals surface area contributed by atoms with E-state index in [0.29, 0.717) is 25.5 Å². The monoisotopic (exact) mass is 404 g/mol.